The van der Waals surface area contributed by atoms with E-state index in [1.54, 1.807) is 0 Å². The van der Waals surface area contributed by atoms with E-state index in [4.69, 9.17) is 5.11 Å². The third-order valence-corrected chi connectivity index (χ3v) is 4.04. The molecule has 2 aliphatic rings. The van der Waals surface area contributed by atoms with Crippen LogP contribution in [0, 0.1) is 17.8 Å². The molecule has 3 unspecified atom stereocenters. The lowest BCUT2D eigenvalue weighted by molar-refractivity contribution is -0.151. The van der Waals surface area contributed by atoms with Crippen molar-refractivity contribution in [2.24, 2.45) is 17.8 Å². The maximum atomic E-state index is 12.0. The van der Waals surface area contributed by atoms with Crippen molar-refractivity contribution in [2.75, 3.05) is 6.54 Å². The summed E-state index contributed by atoms with van der Waals surface area (Å²) in [4.78, 5) is 35.5. The van der Waals surface area contributed by atoms with E-state index in [1.165, 1.54) is 0 Å². The van der Waals surface area contributed by atoms with E-state index in [2.05, 4.69) is 0 Å². The summed E-state index contributed by atoms with van der Waals surface area (Å²) >= 11 is 0. The Morgan fingerprint density at radius 2 is 1.83 bits per heavy atom. The van der Waals surface area contributed by atoms with Crippen LogP contribution in [0.2, 0.25) is 0 Å². The van der Waals surface area contributed by atoms with Crippen molar-refractivity contribution in [3.05, 3.63) is 0 Å². The summed E-state index contributed by atoms with van der Waals surface area (Å²) in [6.07, 6.45) is 0.654. The molecule has 1 aliphatic heterocycles. The molecule has 0 spiro atoms. The Hall–Kier alpha value is -1.43. The number of aliphatic carboxylic acids is 1. The molecule has 18 heavy (non-hydrogen) atoms. The van der Waals surface area contributed by atoms with Gasteiger partial charge in [-0.05, 0) is 18.8 Å². The predicted octanol–water partition coefficient (Wildman–Crippen LogP) is -0.147. The molecule has 6 nitrogen and oxygen atoms in total. The van der Waals surface area contributed by atoms with Gasteiger partial charge in [-0.1, -0.05) is 13.3 Å². The van der Waals surface area contributed by atoms with Crippen molar-refractivity contribution in [1.82, 2.24) is 4.90 Å². The summed E-state index contributed by atoms with van der Waals surface area (Å²) < 4.78 is 0. The van der Waals surface area contributed by atoms with E-state index in [9.17, 15) is 19.5 Å². The summed E-state index contributed by atoms with van der Waals surface area (Å²) in [6.45, 7) is 1.60. The van der Waals surface area contributed by atoms with E-state index in [0.29, 0.717) is 18.8 Å². The average molecular weight is 255 g/mol. The van der Waals surface area contributed by atoms with Crippen LogP contribution in [0.3, 0.4) is 0 Å². The minimum absolute atomic E-state index is 0.302. The minimum atomic E-state index is -1.70. The molecule has 0 aromatic heterocycles. The lowest BCUT2D eigenvalue weighted by Gasteiger charge is -2.18. The van der Waals surface area contributed by atoms with Gasteiger partial charge in [-0.15, -0.1) is 0 Å². The highest BCUT2D eigenvalue weighted by Gasteiger charge is 2.52. The number of nitrogens with zero attached hydrogens (tertiary/aromatic N) is 1. The molecule has 1 saturated carbocycles. The molecule has 0 aromatic carbocycles. The Bertz CT molecular complexity index is 370. The molecule has 0 radical (unpaired) electrons. The lowest BCUT2D eigenvalue weighted by Crippen LogP contribution is -2.41. The highest BCUT2D eigenvalue weighted by Crippen LogP contribution is 2.44. The quantitative estimate of drug-likeness (QED) is 0.681. The molecule has 0 aromatic rings. The fraction of sp³-hybridized carbons (Fsp3) is 0.750. The van der Waals surface area contributed by atoms with Gasteiger partial charge in [-0.3, -0.25) is 14.5 Å². The van der Waals surface area contributed by atoms with Gasteiger partial charge in [0.2, 0.25) is 11.8 Å². The topological polar surface area (TPSA) is 94.9 Å². The van der Waals surface area contributed by atoms with Gasteiger partial charge < -0.3 is 10.2 Å². The number of rotatable bonds is 4. The fourth-order valence-electron chi connectivity index (χ4n) is 2.96. The highest BCUT2D eigenvalue weighted by atomic mass is 16.4. The summed E-state index contributed by atoms with van der Waals surface area (Å²) in [5.74, 6) is -2.26. The van der Waals surface area contributed by atoms with Gasteiger partial charge in [0.15, 0.2) is 6.10 Å². The molecular weight excluding hydrogens is 238 g/mol. The van der Waals surface area contributed by atoms with Crippen LogP contribution < -0.4 is 0 Å². The van der Waals surface area contributed by atoms with Crippen LogP contribution in [0.15, 0.2) is 0 Å². The second-order valence-electron chi connectivity index (χ2n) is 5.10. The molecule has 3 atom stereocenters. The van der Waals surface area contributed by atoms with Crippen LogP contribution in [0.25, 0.3) is 0 Å². The zero-order valence-electron chi connectivity index (χ0n) is 10.2. The molecular formula is C12H17NO5. The Labute approximate surface area is 105 Å². The summed E-state index contributed by atoms with van der Waals surface area (Å²) in [5.41, 5.74) is 0. The first-order valence-corrected chi connectivity index (χ1v) is 6.21. The highest BCUT2D eigenvalue weighted by molar-refractivity contribution is 6.05. The van der Waals surface area contributed by atoms with Crippen molar-refractivity contribution in [3.63, 3.8) is 0 Å². The van der Waals surface area contributed by atoms with Crippen LogP contribution in [-0.2, 0) is 14.4 Å². The number of aliphatic hydroxyl groups excluding tert-OH is 1. The molecule has 1 saturated heterocycles. The van der Waals surface area contributed by atoms with Gasteiger partial charge in [-0.25, -0.2) is 4.79 Å². The standard InChI is InChI=1S/C12H17NO5/c1-2-6-3-7-8(4-6)11(16)13(10(7)15)5-9(14)12(17)18/h6-9,14H,2-5H2,1H3,(H,17,18). The lowest BCUT2D eigenvalue weighted by atomic mass is 10.00. The average Bonchev–Trinajstić information content (AvgIpc) is 2.84. The normalized spacial score (nSPS) is 32.8. The molecule has 2 rings (SSSR count). The van der Waals surface area contributed by atoms with Gasteiger partial charge in [0, 0.05) is 0 Å². The van der Waals surface area contributed by atoms with E-state index in [1.807, 2.05) is 6.92 Å². The van der Waals surface area contributed by atoms with E-state index < -0.39 is 18.6 Å². The van der Waals surface area contributed by atoms with Crippen molar-refractivity contribution in [2.45, 2.75) is 32.3 Å². The Balaban J connectivity index is 2.07. The molecule has 0 bridgehead atoms. The monoisotopic (exact) mass is 255 g/mol. The summed E-state index contributed by atoms with van der Waals surface area (Å²) in [5, 5.41) is 17.8. The number of carbonyl (C=O) groups excluding carboxylic acids is 2. The molecule has 2 fully saturated rings. The number of β-amino-alcohol motifs (C(OH)–C–C–N with tert-alkyl or cyclic N) is 1. The van der Waals surface area contributed by atoms with Crippen LogP contribution in [0.1, 0.15) is 26.2 Å². The van der Waals surface area contributed by atoms with Gasteiger partial charge in [-0.2, -0.15) is 0 Å². The number of hydrogen-bond acceptors (Lipinski definition) is 4. The molecule has 100 valence electrons. The van der Waals surface area contributed by atoms with Gasteiger partial charge in [0.05, 0.1) is 18.4 Å². The van der Waals surface area contributed by atoms with Crippen molar-refractivity contribution >= 4 is 17.8 Å². The molecule has 2 N–H and O–H groups in total. The zero-order chi connectivity index (χ0) is 13.4. The van der Waals surface area contributed by atoms with Crippen LogP contribution in [-0.4, -0.2) is 45.5 Å². The minimum Gasteiger partial charge on any atom is -0.479 e. The number of imide groups is 1. The first-order chi connectivity index (χ1) is 8.45. The molecule has 6 heteroatoms. The number of fused-ring (bicyclic) bond motifs is 1. The number of carboxylic acids is 1. The van der Waals surface area contributed by atoms with Crippen molar-refractivity contribution in [3.8, 4) is 0 Å². The van der Waals surface area contributed by atoms with Crippen molar-refractivity contribution in [1.29, 1.82) is 0 Å². The van der Waals surface area contributed by atoms with Crippen LogP contribution in [0.4, 0.5) is 0 Å². The van der Waals surface area contributed by atoms with E-state index >= 15 is 0 Å². The number of hydrogen-bond donors (Lipinski definition) is 2. The third kappa shape index (κ3) is 2.01. The maximum Gasteiger partial charge on any atom is 0.334 e. The SMILES string of the molecule is CCC1CC2C(=O)N(CC(O)C(=O)O)C(=O)C2C1. The number of amides is 2. The second-order valence-corrected chi connectivity index (χ2v) is 5.10. The Kier molecular flexibility index (Phi) is 3.38. The first-order valence-electron chi connectivity index (χ1n) is 6.21. The van der Waals surface area contributed by atoms with Gasteiger partial charge in [0.1, 0.15) is 0 Å². The smallest absolute Gasteiger partial charge is 0.334 e. The number of carboxylic acid groups (broad SMARTS) is 1. The predicted molar refractivity (Wildman–Crippen MR) is 60.4 cm³/mol. The summed E-state index contributed by atoms with van der Waals surface area (Å²) in [7, 11) is 0. The summed E-state index contributed by atoms with van der Waals surface area (Å²) in [6, 6.07) is 0. The largest absolute Gasteiger partial charge is 0.479 e. The Morgan fingerprint density at radius 1 is 1.33 bits per heavy atom. The number of aliphatic hydroxyl groups is 1. The first kappa shape index (κ1) is 13.0. The van der Waals surface area contributed by atoms with Crippen LogP contribution in [0.5, 0.6) is 0 Å². The molecule has 1 aliphatic carbocycles. The van der Waals surface area contributed by atoms with Crippen LogP contribution >= 0.6 is 0 Å². The van der Waals surface area contributed by atoms with Gasteiger partial charge >= 0.3 is 5.97 Å². The molecule has 2 amide bonds. The van der Waals surface area contributed by atoms with E-state index in [0.717, 1.165) is 11.3 Å². The third-order valence-electron chi connectivity index (χ3n) is 4.04. The zero-order valence-corrected chi connectivity index (χ0v) is 10.2. The molecule has 1 heterocycles. The van der Waals surface area contributed by atoms with Crippen molar-refractivity contribution < 1.29 is 24.6 Å². The number of carbonyl (C=O) groups is 3. The van der Waals surface area contributed by atoms with E-state index in [-0.39, 0.29) is 23.7 Å². The number of likely N-dealkylation sites (tertiary alicyclic amines) is 1. The Morgan fingerprint density at radius 3 is 2.22 bits per heavy atom. The second kappa shape index (κ2) is 4.68. The fourth-order valence-corrected chi connectivity index (χ4v) is 2.96. The van der Waals surface area contributed by atoms with Gasteiger partial charge in [0.25, 0.3) is 0 Å². The maximum absolute atomic E-state index is 12.0.